The van der Waals surface area contributed by atoms with Crippen LogP contribution < -0.4 is 0 Å². The van der Waals surface area contributed by atoms with Gasteiger partial charge in [0.15, 0.2) is 0 Å². The first-order valence-corrected chi connectivity index (χ1v) is 4.06. The van der Waals surface area contributed by atoms with Crippen molar-refractivity contribution in [2.24, 2.45) is 0 Å². The van der Waals surface area contributed by atoms with Gasteiger partial charge in [0, 0.05) is 50.6 Å². The predicted octanol–water partition coefficient (Wildman–Crippen LogP) is 1.12. The molecule has 0 heterocycles. The van der Waals surface area contributed by atoms with E-state index in [9.17, 15) is 9.59 Å². The molecule has 0 aromatic rings. The Balaban J connectivity index is 0. The van der Waals surface area contributed by atoms with Crippen molar-refractivity contribution in [2.45, 2.75) is 38.5 Å². The van der Waals surface area contributed by atoms with Crippen molar-refractivity contribution in [3.8, 4) is 0 Å². The Labute approximate surface area is 107 Å². The van der Waals surface area contributed by atoms with Gasteiger partial charge in [0.1, 0.15) is 0 Å². The summed E-state index contributed by atoms with van der Waals surface area (Å²) in [6.45, 7) is 0. The van der Waals surface area contributed by atoms with Crippen LogP contribution in [0.2, 0.25) is 0 Å². The Morgan fingerprint density at radius 2 is 1.08 bits per heavy atom. The van der Waals surface area contributed by atoms with E-state index in [0.717, 1.165) is 12.8 Å². The smallest absolute Gasteiger partial charge is 0.303 e. The van der Waals surface area contributed by atoms with Gasteiger partial charge >= 0.3 is 11.9 Å². The second kappa shape index (κ2) is 10.3. The third-order valence-electron chi connectivity index (χ3n) is 1.53. The summed E-state index contributed by atoms with van der Waals surface area (Å²) in [5.41, 5.74) is 0. The molecule has 0 atom stereocenters. The first-order chi connectivity index (χ1) is 5.63. The minimum Gasteiger partial charge on any atom is -0.481 e. The number of hydrogen-bond donors (Lipinski definition) is 2. The molecule has 0 saturated carbocycles. The van der Waals surface area contributed by atoms with Crippen LogP contribution in [0.1, 0.15) is 38.5 Å². The molecule has 2 N–H and O–H groups in total. The van der Waals surface area contributed by atoms with E-state index in [1.807, 2.05) is 0 Å². The quantitative estimate of drug-likeness (QED) is 0.492. The largest absolute Gasteiger partial charge is 0.481 e. The maximum atomic E-state index is 10.0. The fraction of sp³-hybridized carbons (Fsp3) is 0.750. The van der Waals surface area contributed by atoms with Gasteiger partial charge in [0.25, 0.3) is 0 Å². The van der Waals surface area contributed by atoms with Gasteiger partial charge in [-0.05, 0) is 12.8 Å². The fourth-order valence-electron chi connectivity index (χ4n) is 0.906. The van der Waals surface area contributed by atoms with Gasteiger partial charge in [-0.15, -0.1) is 0 Å². The van der Waals surface area contributed by atoms with E-state index >= 15 is 0 Å². The van der Waals surface area contributed by atoms with Crippen LogP contribution >= 0.6 is 0 Å². The van der Waals surface area contributed by atoms with Crippen LogP contribution in [-0.2, 0) is 9.59 Å². The summed E-state index contributed by atoms with van der Waals surface area (Å²) in [5, 5.41) is 16.5. The summed E-state index contributed by atoms with van der Waals surface area (Å²) < 4.78 is 0. The number of carboxylic acid groups (broad SMARTS) is 2. The molecule has 0 bridgehead atoms. The van der Waals surface area contributed by atoms with Gasteiger partial charge < -0.3 is 10.2 Å². The Morgan fingerprint density at radius 3 is 1.31 bits per heavy atom. The second-order valence-electron chi connectivity index (χ2n) is 2.70. The summed E-state index contributed by atoms with van der Waals surface area (Å²) in [4.78, 5) is 20.1. The van der Waals surface area contributed by atoms with Crippen LogP contribution in [0.5, 0.6) is 0 Å². The fourth-order valence-corrected chi connectivity index (χ4v) is 0.906. The zero-order valence-electron chi connectivity index (χ0n) is 7.66. The molecule has 0 amide bonds. The molecule has 13 heavy (non-hydrogen) atoms. The van der Waals surface area contributed by atoms with Crippen molar-refractivity contribution < 1.29 is 19.8 Å². The molecule has 0 aromatic carbocycles. The third-order valence-corrected chi connectivity index (χ3v) is 1.53. The molecule has 0 aliphatic rings. The number of rotatable bonds is 7. The van der Waals surface area contributed by atoms with E-state index in [2.05, 4.69) is 0 Å². The topological polar surface area (TPSA) is 74.6 Å². The van der Waals surface area contributed by atoms with Gasteiger partial charge in [0.2, 0.25) is 0 Å². The first kappa shape index (κ1) is 15.7. The Morgan fingerprint density at radius 1 is 0.769 bits per heavy atom. The van der Waals surface area contributed by atoms with Crippen LogP contribution in [0.25, 0.3) is 0 Å². The SMILES string of the molecule is O=C(O)CCCCCCC(=O)O.[Ca]. The van der Waals surface area contributed by atoms with Crippen LogP contribution in [0.4, 0.5) is 0 Å². The minimum atomic E-state index is -0.784. The normalized spacial score (nSPS) is 8.92. The van der Waals surface area contributed by atoms with Crippen molar-refractivity contribution >= 4 is 49.7 Å². The molecule has 5 heteroatoms. The molecule has 0 aromatic heterocycles. The van der Waals surface area contributed by atoms with E-state index in [-0.39, 0.29) is 50.6 Å². The first-order valence-electron chi connectivity index (χ1n) is 4.06. The molecule has 0 fully saturated rings. The molecule has 72 valence electrons. The molecule has 0 aliphatic carbocycles. The van der Waals surface area contributed by atoms with Crippen LogP contribution in [0, 0.1) is 0 Å². The van der Waals surface area contributed by atoms with Crippen LogP contribution in [0.3, 0.4) is 0 Å². The average molecular weight is 214 g/mol. The summed E-state index contributed by atoms with van der Waals surface area (Å²) in [6, 6.07) is 0. The zero-order chi connectivity index (χ0) is 9.40. The molecular weight excluding hydrogens is 200 g/mol. The molecule has 0 saturated heterocycles. The average Bonchev–Trinajstić information content (AvgIpc) is 1.95. The number of carbonyl (C=O) groups is 2. The molecule has 0 spiro atoms. The summed E-state index contributed by atoms with van der Waals surface area (Å²) in [5.74, 6) is -1.57. The molecule has 0 unspecified atom stereocenters. The van der Waals surface area contributed by atoms with Gasteiger partial charge in [-0.2, -0.15) is 0 Å². The molecular formula is C8H14CaO4. The Bertz CT molecular complexity index is 140. The van der Waals surface area contributed by atoms with Crippen molar-refractivity contribution in [1.82, 2.24) is 0 Å². The minimum absolute atomic E-state index is 0. The van der Waals surface area contributed by atoms with E-state index in [1.54, 1.807) is 0 Å². The summed E-state index contributed by atoms with van der Waals surface area (Å²) in [6.07, 6.45) is 3.28. The van der Waals surface area contributed by atoms with Crippen molar-refractivity contribution in [3.63, 3.8) is 0 Å². The maximum absolute atomic E-state index is 10.0. The van der Waals surface area contributed by atoms with Gasteiger partial charge in [-0.3, -0.25) is 9.59 Å². The monoisotopic (exact) mass is 214 g/mol. The van der Waals surface area contributed by atoms with Crippen molar-refractivity contribution in [3.05, 3.63) is 0 Å². The van der Waals surface area contributed by atoms with E-state index in [4.69, 9.17) is 10.2 Å². The summed E-state index contributed by atoms with van der Waals surface area (Å²) >= 11 is 0. The van der Waals surface area contributed by atoms with Crippen LogP contribution in [-0.4, -0.2) is 59.9 Å². The Hall–Kier alpha value is 0.200. The van der Waals surface area contributed by atoms with Gasteiger partial charge in [0.05, 0.1) is 0 Å². The zero-order valence-corrected chi connectivity index (χ0v) is 9.87. The molecule has 2 radical (unpaired) electrons. The summed E-state index contributed by atoms with van der Waals surface area (Å²) in [7, 11) is 0. The number of carboxylic acids is 2. The number of unbranched alkanes of at least 4 members (excludes halogenated alkanes) is 3. The van der Waals surface area contributed by atoms with Crippen molar-refractivity contribution in [2.75, 3.05) is 0 Å². The van der Waals surface area contributed by atoms with E-state index in [0.29, 0.717) is 12.8 Å². The van der Waals surface area contributed by atoms with Crippen LogP contribution in [0.15, 0.2) is 0 Å². The number of aliphatic carboxylic acids is 2. The number of hydrogen-bond acceptors (Lipinski definition) is 2. The Kier molecular flexibility index (Phi) is 12.4. The predicted molar refractivity (Wildman–Crippen MR) is 48.7 cm³/mol. The van der Waals surface area contributed by atoms with E-state index in [1.165, 1.54) is 0 Å². The van der Waals surface area contributed by atoms with Crippen molar-refractivity contribution in [1.29, 1.82) is 0 Å². The standard InChI is InChI=1S/C8H14O4.Ca/c9-7(10)5-3-1-2-4-6-8(11)12;/h1-6H2,(H,9,10)(H,11,12);. The molecule has 0 rings (SSSR count). The molecule has 4 nitrogen and oxygen atoms in total. The van der Waals surface area contributed by atoms with Gasteiger partial charge in [-0.1, -0.05) is 12.8 Å². The maximum Gasteiger partial charge on any atom is 0.303 e. The molecule has 0 aliphatic heterocycles. The third kappa shape index (κ3) is 15.0. The van der Waals surface area contributed by atoms with E-state index < -0.39 is 11.9 Å². The van der Waals surface area contributed by atoms with Gasteiger partial charge in [-0.25, -0.2) is 0 Å². The second-order valence-corrected chi connectivity index (χ2v) is 2.70.